The standard InChI is InChI=1S/C17H15N3O4/c1-11-19-20(17(22)24-11)14-7-3-12(4-8-14)16(21)18-13-5-9-15(23-2)10-6-13/h3-10H,1-2H3,(H,18,21). The Morgan fingerprint density at radius 1 is 1.12 bits per heavy atom. The molecule has 0 fully saturated rings. The maximum atomic E-state index is 12.2. The largest absolute Gasteiger partial charge is 0.497 e. The highest BCUT2D eigenvalue weighted by Crippen LogP contribution is 2.16. The van der Waals surface area contributed by atoms with Crippen LogP contribution in [0.2, 0.25) is 0 Å². The minimum Gasteiger partial charge on any atom is -0.497 e. The number of methoxy groups -OCH3 is 1. The van der Waals surface area contributed by atoms with Crippen LogP contribution < -0.4 is 15.8 Å². The number of aryl methyl sites for hydroxylation is 1. The second-order valence-corrected chi connectivity index (χ2v) is 5.03. The number of nitrogens with zero attached hydrogens (tertiary/aromatic N) is 2. The summed E-state index contributed by atoms with van der Waals surface area (Å²) in [6.45, 7) is 1.59. The molecule has 3 rings (SSSR count). The summed E-state index contributed by atoms with van der Waals surface area (Å²) in [5.41, 5.74) is 1.65. The minimum absolute atomic E-state index is 0.254. The molecule has 24 heavy (non-hydrogen) atoms. The molecule has 0 aliphatic heterocycles. The van der Waals surface area contributed by atoms with Crippen LogP contribution in [-0.2, 0) is 0 Å². The molecule has 3 aromatic rings. The number of rotatable bonds is 4. The average molecular weight is 325 g/mol. The Kier molecular flexibility index (Phi) is 4.15. The highest BCUT2D eigenvalue weighted by Gasteiger charge is 2.09. The van der Waals surface area contributed by atoms with Crippen LogP contribution in [0.25, 0.3) is 5.69 Å². The molecule has 122 valence electrons. The van der Waals surface area contributed by atoms with Crippen molar-refractivity contribution in [1.29, 1.82) is 0 Å². The van der Waals surface area contributed by atoms with Gasteiger partial charge < -0.3 is 14.5 Å². The second kappa shape index (κ2) is 6.41. The first-order chi connectivity index (χ1) is 11.6. The summed E-state index contributed by atoms with van der Waals surface area (Å²) in [5.74, 6) is 0.172. The third kappa shape index (κ3) is 3.19. The lowest BCUT2D eigenvalue weighted by Gasteiger charge is -2.07. The van der Waals surface area contributed by atoms with E-state index in [0.29, 0.717) is 22.7 Å². The van der Waals surface area contributed by atoms with Gasteiger partial charge in [0, 0.05) is 18.2 Å². The zero-order valence-corrected chi connectivity index (χ0v) is 13.1. The highest BCUT2D eigenvalue weighted by molar-refractivity contribution is 6.04. The Balaban J connectivity index is 1.76. The van der Waals surface area contributed by atoms with Gasteiger partial charge in [-0.25, -0.2) is 4.79 Å². The van der Waals surface area contributed by atoms with E-state index >= 15 is 0 Å². The highest BCUT2D eigenvalue weighted by atomic mass is 16.5. The predicted molar refractivity (Wildman–Crippen MR) is 87.8 cm³/mol. The number of aromatic nitrogens is 2. The summed E-state index contributed by atoms with van der Waals surface area (Å²) < 4.78 is 11.1. The monoisotopic (exact) mass is 325 g/mol. The molecule has 1 N–H and O–H groups in total. The molecule has 0 radical (unpaired) electrons. The fourth-order valence-electron chi connectivity index (χ4n) is 2.17. The van der Waals surface area contributed by atoms with Crippen LogP contribution in [0.1, 0.15) is 16.2 Å². The zero-order chi connectivity index (χ0) is 17.1. The molecule has 2 aromatic carbocycles. The lowest BCUT2D eigenvalue weighted by atomic mass is 10.2. The second-order valence-electron chi connectivity index (χ2n) is 5.03. The van der Waals surface area contributed by atoms with Crippen LogP contribution in [0.5, 0.6) is 5.75 Å². The van der Waals surface area contributed by atoms with Crippen LogP contribution in [0.3, 0.4) is 0 Å². The Morgan fingerprint density at radius 2 is 1.79 bits per heavy atom. The number of ether oxygens (including phenoxy) is 1. The summed E-state index contributed by atoms with van der Waals surface area (Å²) in [6, 6.07) is 13.5. The number of benzene rings is 2. The van der Waals surface area contributed by atoms with Gasteiger partial charge in [0.15, 0.2) is 0 Å². The van der Waals surface area contributed by atoms with Crippen LogP contribution in [-0.4, -0.2) is 22.8 Å². The van der Waals surface area contributed by atoms with Gasteiger partial charge in [0.25, 0.3) is 5.91 Å². The van der Waals surface area contributed by atoms with Crippen molar-refractivity contribution in [2.45, 2.75) is 6.92 Å². The van der Waals surface area contributed by atoms with Gasteiger partial charge in [-0.3, -0.25) is 4.79 Å². The molecule has 0 bridgehead atoms. The lowest BCUT2D eigenvalue weighted by molar-refractivity contribution is 0.102. The van der Waals surface area contributed by atoms with Crippen LogP contribution >= 0.6 is 0 Å². The van der Waals surface area contributed by atoms with Gasteiger partial charge >= 0.3 is 5.76 Å². The van der Waals surface area contributed by atoms with Gasteiger partial charge in [0.2, 0.25) is 5.89 Å². The fourth-order valence-corrected chi connectivity index (χ4v) is 2.17. The van der Waals surface area contributed by atoms with Crippen molar-refractivity contribution in [2.24, 2.45) is 0 Å². The average Bonchev–Trinajstić information content (AvgIpc) is 2.94. The number of amides is 1. The molecule has 0 aliphatic carbocycles. The molecule has 0 spiro atoms. The molecule has 7 nitrogen and oxygen atoms in total. The van der Waals surface area contributed by atoms with E-state index in [2.05, 4.69) is 10.4 Å². The van der Waals surface area contributed by atoms with E-state index in [1.165, 1.54) is 0 Å². The Hall–Kier alpha value is -3.35. The van der Waals surface area contributed by atoms with E-state index in [1.807, 2.05) is 0 Å². The predicted octanol–water partition coefficient (Wildman–Crippen LogP) is 2.39. The molecule has 1 amide bonds. The van der Waals surface area contributed by atoms with Crippen LogP contribution in [0, 0.1) is 6.92 Å². The number of hydrogen-bond acceptors (Lipinski definition) is 5. The van der Waals surface area contributed by atoms with Crippen molar-refractivity contribution in [3.63, 3.8) is 0 Å². The van der Waals surface area contributed by atoms with Gasteiger partial charge in [-0.15, -0.1) is 5.10 Å². The number of carbonyl (C=O) groups excluding carboxylic acids is 1. The summed E-state index contributed by atoms with van der Waals surface area (Å²) in [4.78, 5) is 23.8. The maximum absolute atomic E-state index is 12.2. The normalized spacial score (nSPS) is 10.4. The molecule has 0 unspecified atom stereocenters. The quantitative estimate of drug-likeness (QED) is 0.796. The van der Waals surface area contributed by atoms with E-state index in [0.717, 1.165) is 4.68 Å². The first-order valence-corrected chi connectivity index (χ1v) is 7.19. The third-order valence-electron chi connectivity index (χ3n) is 3.37. The van der Waals surface area contributed by atoms with E-state index in [4.69, 9.17) is 9.15 Å². The minimum atomic E-state index is -0.567. The number of carbonyl (C=O) groups is 1. The zero-order valence-electron chi connectivity index (χ0n) is 13.1. The molecular weight excluding hydrogens is 310 g/mol. The smallest absolute Gasteiger partial charge is 0.441 e. The molecular formula is C17H15N3O4. The first-order valence-electron chi connectivity index (χ1n) is 7.19. The molecule has 0 saturated heterocycles. The van der Waals surface area contributed by atoms with Crippen molar-refractivity contribution in [1.82, 2.24) is 9.78 Å². The van der Waals surface area contributed by atoms with Crippen LogP contribution in [0.4, 0.5) is 5.69 Å². The number of nitrogens with one attached hydrogen (secondary N) is 1. The molecule has 7 heteroatoms. The number of hydrogen-bond donors (Lipinski definition) is 1. The van der Waals surface area contributed by atoms with Crippen molar-refractivity contribution in [3.8, 4) is 11.4 Å². The SMILES string of the molecule is COc1ccc(NC(=O)c2ccc(-n3nc(C)oc3=O)cc2)cc1. The Bertz CT molecular complexity index is 908. The molecule has 0 saturated carbocycles. The van der Waals surface area contributed by atoms with Crippen LogP contribution in [0.15, 0.2) is 57.7 Å². The van der Waals surface area contributed by atoms with Gasteiger partial charge in [0.1, 0.15) is 5.75 Å². The van der Waals surface area contributed by atoms with Crippen molar-refractivity contribution in [3.05, 3.63) is 70.5 Å². The Labute approximate surface area is 137 Å². The van der Waals surface area contributed by atoms with Gasteiger partial charge in [-0.05, 0) is 48.5 Å². The lowest BCUT2D eigenvalue weighted by Crippen LogP contribution is -2.15. The fraction of sp³-hybridized carbons (Fsp3) is 0.118. The van der Waals surface area contributed by atoms with E-state index < -0.39 is 5.76 Å². The maximum Gasteiger partial charge on any atom is 0.441 e. The molecule has 0 atom stereocenters. The molecule has 0 aliphatic rings. The van der Waals surface area contributed by atoms with Crippen molar-refractivity contribution < 1.29 is 13.9 Å². The van der Waals surface area contributed by atoms with Gasteiger partial charge in [0.05, 0.1) is 12.8 Å². The summed E-state index contributed by atoms with van der Waals surface area (Å²) in [6.07, 6.45) is 0. The van der Waals surface area contributed by atoms with E-state index in [9.17, 15) is 9.59 Å². The summed E-state index contributed by atoms with van der Waals surface area (Å²) >= 11 is 0. The molecule has 1 heterocycles. The van der Waals surface area contributed by atoms with Gasteiger partial charge in [-0.2, -0.15) is 4.68 Å². The van der Waals surface area contributed by atoms with E-state index in [-0.39, 0.29) is 11.8 Å². The van der Waals surface area contributed by atoms with Gasteiger partial charge in [-0.1, -0.05) is 0 Å². The Morgan fingerprint density at radius 3 is 2.33 bits per heavy atom. The van der Waals surface area contributed by atoms with E-state index in [1.54, 1.807) is 62.6 Å². The third-order valence-corrected chi connectivity index (χ3v) is 3.37. The van der Waals surface area contributed by atoms with Crippen molar-refractivity contribution in [2.75, 3.05) is 12.4 Å². The first kappa shape index (κ1) is 15.5. The topological polar surface area (TPSA) is 86.4 Å². The summed E-state index contributed by atoms with van der Waals surface area (Å²) in [7, 11) is 1.58. The summed E-state index contributed by atoms with van der Waals surface area (Å²) in [5, 5.41) is 6.75. The van der Waals surface area contributed by atoms with Crippen molar-refractivity contribution >= 4 is 11.6 Å². The number of anilines is 1. The molecule has 1 aromatic heterocycles.